The highest BCUT2D eigenvalue weighted by atomic mass is 32.2. The number of amides is 1. The van der Waals surface area contributed by atoms with Crippen LogP contribution in [0.5, 0.6) is 0 Å². The number of nitrogens with zero attached hydrogens (tertiary/aromatic N) is 1. The normalized spacial score (nSPS) is 20.3. The van der Waals surface area contributed by atoms with Crippen molar-refractivity contribution in [2.75, 3.05) is 40.2 Å². The van der Waals surface area contributed by atoms with Crippen molar-refractivity contribution in [1.29, 1.82) is 0 Å². The minimum Gasteiger partial charge on any atom is -0.377 e. The first-order chi connectivity index (χ1) is 9.75. The van der Waals surface area contributed by atoms with Crippen molar-refractivity contribution in [2.45, 2.75) is 18.9 Å². The fourth-order valence-electron chi connectivity index (χ4n) is 2.55. The van der Waals surface area contributed by atoms with E-state index in [1.807, 2.05) is 0 Å². The van der Waals surface area contributed by atoms with Crippen molar-refractivity contribution < 1.29 is 26.5 Å². The van der Waals surface area contributed by atoms with Gasteiger partial charge in [-0.1, -0.05) is 0 Å². The molecule has 8 nitrogen and oxygen atoms in total. The van der Waals surface area contributed by atoms with Gasteiger partial charge in [-0.2, -0.15) is 0 Å². The number of hydrogen-bond donors (Lipinski definition) is 1. The van der Waals surface area contributed by atoms with E-state index in [4.69, 9.17) is 18.4 Å². The molecule has 0 aromatic carbocycles. The molecule has 1 atom stereocenters. The molecule has 124 valence electrons. The molecule has 0 aliphatic carbocycles. The number of likely N-dealkylation sites (tertiary alicyclic amines) is 1. The molecule has 0 spiro atoms. The zero-order valence-electron chi connectivity index (χ0n) is 12.7. The number of primary sulfonamides is 1. The highest BCUT2D eigenvalue weighted by molar-refractivity contribution is 7.89. The first-order valence-electron chi connectivity index (χ1n) is 6.69. The smallest absolute Gasteiger partial charge is 0.377 e. The van der Waals surface area contributed by atoms with Gasteiger partial charge >= 0.3 is 8.80 Å². The lowest BCUT2D eigenvalue weighted by Gasteiger charge is -2.25. The van der Waals surface area contributed by atoms with Gasteiger partial charge in [0.2, 0.25) is 15.9 Å². The SMILES string of the molecule is CO[Si](CCCN1CC(CS(N)(=O)=O)CC1=O)(OC)OC. The minimum absolute atomic E-state index is 0.0387. The Balaban J connectivity index is 2.44. The van der Waals surface area contributed by atoms with Crippen LogP contribution in [-0.4, -0.2) is 68.2 Å². The lowest BCUT2D eigenvalue weighted by molar-refractivity contribution is -0.127. The number of hydrogen-bond acceptors (Lipinski definition) is 6. The van der Waals surface area contributed by atoms with Crippen LogP contribution in [0.3, 0.4) is 0 Å². The van der Waals surface area contributed by atoms with Crippen LogP contribution in [0.25, 0.3) is 0 Å². The maximum absolute atomic E-state index is 11.8. The summed E-state index contributed by atoms with van der Waals surface area (Å²) < 4.78 is 38.1. The zero-order chi connectivity index (χ0) is 16.1. The van der Waals surface area contributed by atoms with E-state index in [2.05, 4.69) is 0 Å². The summed E-state index contributed by atoms with van der Waals surface area (Å²) in [6, 6.07) is 0.597. The second-order valence-corrected chi connectivity index (χ2v) is 9.89. The second-order valence-electron chi connectivity index (χ2n) is 5.14. The largest absolute Gasteiger partial charge is 0.500 e. The van der Waals surface area contributed by atoms with E-state index in [1.165, 1.54) is 0 Å². The Kier molecular flexibility index (Phi) is 6.75. The molecule has 2 N–H and O–H groups in total. The molecular weight excluding hydrogens is 316 g/mol. The molecule has 10 heteroatoms. The van der Waals surface area contributed by atoms with E-state index in [-0.39, 0.29) is 24.0 Å². The molecule has 1 amide bonds. The highest BCUT2D eigenvalue weighted by Gasteiger charge is 2.38. The molecule has 21 heavy (non-hydrogen) atoms. The van der Waals surface area contributed by atoms with Gasteiger partial charge < -0.3 is 18.2 Å². The van der Waals surface area contributed by atoms with E-state index >= 15 is 0 Å². The lowest BCUT2D eigenvalue weighted by atomic mass is 10.1. The van der Waals surface area contributed by atoms with E-state index < -0.39 is 18.8 Å². The van der Waals surface area contributed by atoms with Crippen LogP contribution in [0.15, 0.2) is 0 Å². The Labute approximate surface area is 126 Å². The quantitative estimate of drug-likeness (QED) is 0.561. The fourth-order valence-corrected chi connectivity index (χ4v) is 5.14. The second kappa shape index (κ2) is 7.65. The summed E-state index contributed by atoms with van der Waals surface area (Å²) in [5, 5.41) is 5.02. The summed E-state index contributed by atoms with van der Waals surface area (Å²) in [7, 11) is -1.53. The van der Waals surface area contributed by atoms with Crippen LogP contribution >= 0.6 is 0 Å². The third-order valence-electron chi connectivity index (χ3n) is 3.61. The lowest BCUT2D eigenvalue weighted by Crippen LogP contribution is -2.43. The van der Waals surface area contributed by atoms with Gasteiger partial charge in [0.15, 0.2) is 0 Å². The van der Waals surface area contributed by atoms with Gasteiger partial charge in [0.05, 0.1) is 5.75 Å². The van der Waals surface area contributed by atoms with Crippen molar-refractivity contribution in [3.8, 4) is 0 Å². The zero-order valence-corrected chi connectivity index (χ0v) is 14.5. The van der Waals surface area contributed by atoms with Crippen LogP contribution in [0.4, 0.5) is 0 Å². The van der Waals surface area contributed by atoms with Gasteiger partial charge in [-0.3, -0.25) is 4.79 Å². The molecule has 0 radical (unpaired) electrons. The third kappa shape index (κ3) is 5.64. The Morgan fingerprint density at radius 3 is 2.33 bits per heavy atom. The molecule has 1 rings (SSSR count). The highest BCUT2D eigenvalue weighted by Crippen LogP contribution is 2.21. The molecule has 1 unspecified atom stereocenters. The van der Waals surface area contributed by atoms with Crippen LogP contribution in [0.2, 0.25) is 6.04 Å². The van der Waals surface area contributed by atoms with Crippen LogP contribution < -0.4 is 5.14 Å². The molecule has 0 saturated carbocycles. The van der Waals surface area contributed by atoms with Crippen molar-refractivity contribution in [1.82, 2.24) is 4.90 Å². The van der Waals surface area contributed by atoms with Gasteiger partial charge in [0, 0.05) is 52.8 Å². The summed E-state index contributed by atoms with van der Waals surface area (Å²) in [4.78, 5) is 13.5. The predicted molar refractivity (Wildman–Crippen MR) is 78.9 cm³/mol. The Morgan fingerprint density at radius 1 is 1.29 bits per heavy atom. The van der Waals surface area contributed by atoms with Crippen LogP contribution in [0, 0.1) is 5.92 Å². The van der Waals surface area contributed by atoms with Gasteiger partial charge in [0.25, 0.3) is 0 Å². The Hall–Kier alpha value is -0.523. The van der Waals surface area contributed by atoms with E-state index in [0.29, 0.717) is 25.6 Å². The minimum atomic E-state index is -3.54. The predicted octanol–water partition coefficient (Wildman–Crippen LogP) is -0.608. The molecule has 1 saturated heterocycles. The average Bonchev–Trinajstić information content (AvgIpc) is 2.73. The first kappa shape index (κ1) is 18.5. The fraction of sp³-hybridized carbons (Fsp3) is 0.909. The molecular formula is C11H24N2O6SSi. The molecule has 1 fully saturated rings. The molecule has 0 aromatic rings. The van der Waals surface area contributed by atoms with Crippen molar-refractivity contribution in [2.24, 2.45) is 11.1 Å². The Morgan fingerprint density at radius 2 is 1.86 bits per heavy atom. The number of nitrogens with two attached hydrogens (primary N) is 1. The average molecular weight is 340 g/mol. The summed E-state index contributed by atoms with van der Waals surface area (Å²) in [6.07, 6.45) is 0.910. The number of carbonyl (C=O) groups is 1. The first-order valence-corrected chi connectivity index (χ1v) is 10.3. The monoisotopic (exact) mass is 340 g/mol. The molecule has 1 aliphatic rings. The Bertz CT molecular complexity index is 445. The van der Waals surface area contributed by atoms with Crippen LogP contribution in [-0.2, 0) is 28.1 Å². The van der Waals surface area contributed by atoms with Crippen molar-refractivity contribution >= 4 is 24.7 Å². The number of sulfonamides is 1. The molecule has 1 heterocycles. The summed E-state index contributed by atoms with van der Waals surface area (Å²) in [5.41, 5.74) is 0. The van der Waals surface area contributed by atoms with E-state index in [9.17, 15) is 13.2 Å². The topological polar surface area (TPSA) is 108 Å². The van der Waals surface area contributed by atoms with E-state index in [0.717, 1.165) is 0 Å². The molecule has 1 aliphatic heterocycles. The standard InChI is InChI=1S/C11H24N2O6SSi/c1-17-21(18-2,19-3)6-4-5-13-8-10(7-11(13)14)9-20(12,15)16/h10H,4-9H2,1-3H3,(H2,12,15,16). The van der Waals surface area contributed by atoms with Gasteiger partial charge in [-0.05, 0) is 6.42 Å². The van der Waals surface area contributed by atoms with Crippen molar-refractivity contribution in [3.05, 3.63) is 0 Å². The summed E-state index contributed by atoms with van der Waals surface area (Å²) in [6.45, 7) is 0.960. The summed E-state index contributed by atoms with van der Waals surface area (Å²) in [5.74, 6) is -0.410. The number of rotatable bonds is 9. The van der Waals surface area contributed by atoms with Gasteiger partial charge in [0.1, 0.15) is 0 Å². The summed E-state index contributed by atoms with van der Waals surface area (Å²) >= 11 is 0. The van der Waals surface area contributed by atoms with Crippen LogP contribution in [0.1, 0.15) is 12.8 Å². The number of carbonyl (C=O) groups excluding carboxylic acids is 1. The third-order valence-corrected chi connectivity index (χ3v) is 7.37. The van der Waals surface area contributed by atoms with Gasteiger partial charge in [-0.15, -0.1) is 0 Å². The maximum Gasteiger partial charge on any atom is 0.500 e. The van der Waals surface area contributed by atoms with Gasteiger partial charge in [-0.25, -0.2) is 13.6 Å². The molecule has 0 bridgehead atoms. The molecule has 0 aromatic heterocycles. The van der Waals surface area contributed by atoms with Crippen molar-refractivity contribution in [3.63, 3.8) is 0 Å². The van der Waals surface area contributed by atoms with E-state index in [1.54, 1.807) is 26.2 Å². The maximum atomic E-state index is 11.8.